The average molecular weight is 264 g/mol. The van der Waals surface area contributed by atoms with Crippen LogP contribution in [0.2, 0.25) is 0 Å². The molecule has 0 unspecified atom stereocenters. The number of carboxylic acids is 1. The normalized spacial score (nSPS) is 12.6. The number of carbonyl (C=O) groups is 2. The van der Waals surface area contributed by atoms with Crippen molar-refractivity contribution in [3.8, 4) is 0 Å². The molecule has 0 aliphatic carbocycles. The van der Waals surface area contributed by atoms with Crippen LogP contribution in [0, 0.1) is 0 Å². The van der Waals surface area contributed by atoms with Crippen molar-refractivity contribution in [1.82, 2.24) is 5.32 Å². The molecule has 0 saturated carbocycles. The molecule has 0 radical (unpaired) electrons. The van der Waals surface area contributed by atoms with Crippen LogP contribution in [0.3, 0.4) is 0 Å². The number of alkyl carbamates (subject to hydrolysis) is 1. The number of carbonyl (C=O) groups excluding carboxylic acids is 2. The first-order valence-electron chi connectivity index (χ1n) is 6.02. The molecule has 1 amide bonds. The van der Waals surface area contributed by atoms with E-state index >= 15 is 0 Å². The van der Waals surface area contributed by atoms with Gasteiger partial charge in [-0.3, -0.25) is 0 Å². The number of ether oxygens (including phenoxy) is 1. The van der Waals surface area contributed by atoms with Gasteiger partial charge in [-0.15, -0.1) is 0 Å². The van der Waals surface area contributed by atoms with E-state index < -0.39 is 23.7 Å². The highest BCUT2D eigenvalue weighted by atomic mass is 16.6. The number of hydrogen-bond donors (Lipinski definition) is 1. The van der Waals surface area contributed by atoms with Gasteiger partial charge in [-0.1, -0.05) is 30.3 Å². The van der Waals surface area contributed by atoms with E-state index in [0.717, 1.165) is 5.56 Å². The lowest BCUT2D eigenvalue weighted by atomic mass is 10.1. The summed E-state index contributed by atoms with van der Waals surface area (Å²) in [6.45, 7) is 5.12. The van der Waals surface area contributed by atoms with E-state index in [0.29, 0.717) is 0 Å². The number of rotatable bonds is 4. The van der Waals surface area contributed by atoms with Gasteiger partial charge in [-0.2, -0.15) is 0 Å². The third-order valence-electron chi connectivity index (χ3n) is 2.26. The first-order valence-corrected chi connectivity index (χ1v) is 6.02. The van der Waals surface area contributed by atoms with Gasteiger partial charge in [0.1, 0.15) is 5.60 Å². The van der Waals surface area contributed by atoms with Gasteiger partial charge in [-0.25, -0.2) is 4.79 Å². The molecule has 0 spiro atoms. The van der Waals surface area contributed by atoms with Crippen molar-refractivity contribution in [2.24, 2.45) is 0 Å². The summed E-state index contributed by atoms with van der Waals surface area (Å²) < 4.78 is 5.01. The summed E-state index contributed by atoms with van der Waals surface area (Å²) in [5, 5.41) is 13.3. The summed E-state index contributed by atoms with van der Waals surface area (Å²) in [4.78, 5) is 22.6. The molecule has 5 nitrogen and oxygen atoms in total. The number of benzene rings is 1. The van der Waals surface area contributed by atoms with Crippen molar-refractivity contribution < 1.29 is 19.4 Å². The van der Waals surface area contributed by atoms with Crippen molar-refractivity contribution in [2.45, 2.75) is 38.8 Å². The van der Waals surface area contributed by atoms with Gasteiger partial charge in [0, 0.05) is 0 Å². The molecule has 0 bridgehead atoms. The molecule has 1 atom stereocenters. The Morgan fingerprint density at radius 3 is 2.32 bits per heavy atom. The van der Waals surface area contributed by atoms with Gasteiger partial charge in [0.25, 0.3) is 0 Å². The van der Waals surface area contributed by atoms with Crippen LogP contribution >= 0.6 is 0 Å². The van der Waals surface area contributed by atoms with E-state index in [1.807, 2.05) is 6.07 Å². The molecule has 1 N–H and O–H groups in total. The topological polar surface area (TPSA) is 78.5 Å². The third-order valence-corrected chi connectivity index (χ3v) is 2.26. The molecule has 1 aromatic rings. The van der Waals surface area contributed by atoms with Crippen LogP contribution in [-0.4, -0.2) is 23.7 Å². The van der Waals surface area contributed by atoms with Crippen molar-refractivity contribution in [2.75, 3.05) is 0 Å². The smallest absolute Gasteiger partial charge is 0.408 e. The largest absolute Gasteiger partial charge is 0.548 e. The highest BCUT2D eigenvalue weighted by Crippen LogP contribution is 2.08. The fourth-order valence-corrected chi connectivity index (χ4v) is 1.49. The molecule has 104 valence electrons. The van der Waals surface area contributed by atoms with Crippen LogP contribution in [0.4, 0.5) is 4.79 Å². The summed E-state index contributed by atoms with van der Waals surface area (Å²) in [7, 11) is 0. The van der Waals surface area contributed by atoms with Gasteiger partial charge in [0.05, 0.1) is 12.0 Å². The second kappa shape index (κ2) is 6.22. The van der Waals surface area contributed by atoms with Crippen LogP contribution in [0.15, 0.2) is 30.3 Å². The Bertz CT molecular complexity index is 437. The van der Waals surface area contributed by atoms with E-state index in [-0.39, 0.29) is 6.42 Å². The Balaban J connectivity index is 2.64. The van der Waals surface area contributed by atoms with E-state index in [1.54, 1.807) is 45.0 Å². The highest BCUT2D eigenvalue weighted by Gasteiger charge is 2.20. The van der Waals surface area contributed by atoms with Crippen LogP contribution in [0.5, 0.6) is 0 Å². The molecule has 0 fully saturated rings. The molecular weight excluding hydrogens is 246 g/mol. The van der Waals surface area contributed by atoms with Gasteiger partial charge in [0.2, 0.25) is 0 Å². The summed E-state index contributed by atoms with van der Waals surface area (Å²) >= 11 is 0. The van der Waals surface area contributed by atoms with Crippen molar-refractivity contribution in [1.29, 1.82) is 0 Å². The van der Waals surface area contributed by atoms with E-state index in [9.17, 15) is 14.7 Å². The van der Waals surface area contributed by atoms with Gasteiger partial charge in [0.15, 0.2) is 0 Å². The lowest BCUT2D eigenvalue weighted by Crippen LogP contribution is -2.50. The first kappa shape index (κ1) is 15.0. The maximum Gasteiger partial charge on any atom is 0.408 e. The molecular formula is C14H18NO4-. The summed E-state index contributed by atoms with van der Waals surface area (Å²) in [5.41, 5.74) is 0.126. The Morgan fingerprint density at radius 2 is 1.84 bits per heavy atom. The molecule has 0 aliphatic heterocycles. The maximum atomic E-state index is 11.5. The fraction of sp³-hybridized carbons (Fsp3) is 0.429. The van der Waals surface area contributed by atoms with E-state index in [4.69, 9.17) is 4.74 Å². The number of carboxylic acid groups (broad SMARTS) is 1. The van der Waals surface area contributed by atoms with Crippen molar-refractivity contribution in [3.63, 3.8) is 0 Å². The first-order chi connectivity index (χ1) is 8.78. The molecule has 1 aromatic carbocycles. The lowest BCUT2D eigenvalue weighted by Gasteiger charge is -2.24. The molecule has 0 heterocycles. The molecule has 5 heteroatoms. The Hall–Kier alpha value is -2.04. The number of nitrogens with one attached hydrogen (secondary N) is 1. The average Bonchev–Trinajstić information content (AvgIpc) is 2.26. The molecule has 0 aromatic heterocycles. The minimum Gasteiger partial charge on any atom is -0.548 e. The predicted octanol–water partition coefficient (Wildman–Crippen LogP) is 0.872. The summed E-state index contributed by atoms with van der Waals surface area (Å²) in [5.74, 6) is -1.34. The van der Waals surface area contributed by atoms with E-state index in [1.165, 1.54) is 0 Å². The molecule has 1 rings (SSSR count). The highest BCUT2D eigenvalue weighted by molar-refractivity contribution is 5.79. The zero-order valence-corrected chi connectivity index (χ0v) is 11.3. The maximum absolute atomic E-state index is 11.5. The van der Waals surface area contributed by atoms with Crippen LogP contribution in [0.25, 0.3) is 0 Å². The lowest BCUT2D eigenvalue weighted by molar-refractivity contribution is -0.308. The Kier molecular flexibility index (Phi) is 4.92. The fourth-order valence-electron chi connectivity index (χ4n) is 1.49. The summed E-state index contributed by atoms with van der Waals surface area (Å²) in [6, 6.07) is 7.89. The standard InChI is InChI=1S/C14H19NO4/c1-14(2,3)19-13(18)15-11(12(16)17)9-10-7-5-4-6-8-10/h4-8,11H,9H2,1-3H3,(H,15,18)(H,16,17)/p-1/t11-/m1/s1. The zero-order valence-electron chi connectivity index (χ0n) is 11.3. The number of aliphatic carboxylic acids is 1. The Labute approximate surface area is 112 Å². The minimum absolute atomic E-state index is 0.155. The van der Waals surface area contributed by atoms with E-state index in [2.05, 4.69) is 5.32 Å². The number of hydrogen-bond acceptors (Lipinski definition) is 4. The van der Waals surface area contributed by atoms with Gasteiger partial charge >= 0.3 is 6.09 Å². The SMILES string of the molecule is CC(C)(C)OC(=O)N[C@H](Cc1ccccc1)C(=O)[O-]. The number of amides is 1. The molecule has 19 heavy (non-hydrogen) atoms. The second-order valence-electron chi connectivity index (χ2n) is 5.21. The second-order valence-corrected chi connectivity index (χ2v) is 5.21. The van der Waals surface area contributed by atoms with Crippen LogP contribution in [-0.2, 0) is 16.0 Å². The van der Waals surface area contributed by atoms with Crippen LogP contribution < -0.4 is 10.4 Å². The molecule has 0 aliphatic rings. The monoisotopic (exact) mass is 264 g/mol. The van der Waals surface area contributed by atoms with Gasteiger partial charge in [-0.05, 0) is 32.8 Å². The minimum atomic E-state index is -1.34. The van der Waals surface area contributed by atoms with Gasteiger partial charge < -0.3 is 20.0 Å². The van der Waals surface area contributed by atoms with Crippen molar-refractivity contribution in [3.05, 3.63) is 35.9 Å². The Morgan fingerprint density at radius 1 is 1.26 bits per heavy atom. The van der Waals surface area contributed by atoms with Crippen molar-refractivity contribution >= 4 is 12.1 Å². The summed E-state index contributed by atoms with van der Waals surface area (Å²) in [6.07, 6.45) is -0.611. The predicted molar refractivity (Wildman–Crippen MR) is 68.3 cm³/mol. The third kappa shape index (κ3) is 5.90. The van der Waals surface area contributed by atoms with Crippen LogP contribution in [0.1, 0.15) is 26.3 Å². The molecule has 0 saturated heterocycles. The zero-order chi connectivity index (χ0) is 14.5. The quantitative estimate of drug-likeness (QED) is 0.875.